The number of Topliss-reactive ketones (excluding diaryl/α,β-unsaturated/α-hetero) is 1. The molecule has 0 unspecified atom stereocenters. The van der Waals surface area contributed by atoms with Crippen molar-refractivity contribution in [2.24, 2.45) is 5.73 Å². The Labute approximate surface area is 193 Å². The van der Waals surface area contributed by atoms with Gasteiger partial charge in [0.25, 0.3) is 5.91 Å². The Hall–Kier alpha value is -3.20. The van der Waals surface area contributed by atoms with Gasteiger partial charge in [-0.05, 0) is 51.0 Å². The molecule has 0 aliphatic carbocycles. The lowest BCUT2D eigenvalue weighted by Crippen LogP contribution is -2.53. The maximum absolute atomic E-state index is 13.2. The van der Waals surface area contributed by atoms with Crippen LogP contribution < -0.4 is 11.1 Å². The van der Waals surface area contributed by atoms with E-state index in [1.165, 1.54) is 12.1 Å². The van der Waals surface area contributed by atoms with Crippen molar-refractivity contribution in [1.82, 2.24) is 19.7 Å². The molecular formula is C24H32FN5O3. The number of nitrogens with two attached hydrogens (primary N) is 1. The van der Waals surface area contributed by atoms with Crippen LogP contribution in [0.1, 0.15) is 46.0 Å². The number of hydrogen-bond donors (Lipinski definition) is 2. The molecule has 1 aromatic carbocycles. The first kappa shape index (κ1) is 24.4. The number of carbonyl (C=O) groups excluding carboxylic acids is 3. The maximum Gasteiger partial charge on any atom is 0.317 e. The van der Waals surface area contributed by atoms with Crippen LogP contribution in [-0.4, -0.2) is 70.9 Å². The fourth-order valence-corrected chi connectivity index (χ4v) is 4.04. The van der Waals surface area contributed by atoms with E-state index in [0.29, 0.717) is 56.1 Å². The summed E-state index contributed by atoms with van der Waals surface area (Å²) in [6.45, 7) is 8.54. The molecule has 1 saturated heterocycles. The van der Waals surface area contributed by atoms with Gasteiger partial charge < -0.3 is 20.5 Å². The molecule has 3 N–H and O–H groups in total. The van der Waals surface area contributed by atoms with Gasteiger partial charge in [0.15, 0.2) is 5.78 Å². The van der Waals surface area contributed by atoms with Crippen LogP contribution in [0, 0.1) is 12.7 Å². The average Bonchev–Trinajstić information content (AvgIpc) is 3.10. The Kier molecular flexibility index (Phi) is 7.86. The zero-order valence-corrected chi connectivity index (χ0v) is 19.4. The number of urea groups is 1. The summed E-state index contributed by atoms with van der Waals surface area (Å²) in [6, 6.07) is 7.77. The fourth-order valence-electron chi connectivity index (χ4n) is 4.04. The summed E-state index contributed by atoms with van der Waals surface area (Å²) in [5, 5.41) is 2.89. The first-order valence-corrected chi connectivity index (χ1v) is 11.2. The number of halogens is 1. The largest absolute Gasteiger partial charge is 0.366 e. The number of carbonyl (C=O) groups is 3. The Morgan fingerprint density at radius 1 is 1.09 bits per heavy atom. The number of piperazine rings is 1. The zero-order chi connectivity index (χ0) is 24.1. The van der Waals surface area contributed by atoms with Crippen LogP contribution in [0.15, 0.2) is 30.3 Å². The summed E-state index contributed by atoms with van der Waals surface area (Å²) in [7, 11) is 0. The molecule has 3 amide bonds. The van der Waals surface area contributed by atoms with Crippen molar-refractivity contribution in [3.05, 3.63) is 58.7 Å². The van der Waals surface area contributed by atoms with E-state index in [-0.39, 0.29) is 30.2 Å². The topological polar surface area (TPSA) is 101 Å². The zero-order valence-electron chi connectivity index (χ0n) is 19.4. The first-order chi connectivity index (χ1) is 15.7. The highest BCUT2D eigenvalue weighted by Crippen LogP contribution is 2.18. The molecule has 1 aliphatic rings. The molecule has 8 nitrogen and oxygen atoms in total. The van der Waals surface area contributed by atoms with E-state index >= 15 is 0 Å². The first-order valence-electron chi connectivity index (χ1n) is 11.2. The van der Waals surface area contributed by atoms with E-state index in [0.717, 1.165) is 5.56 Å². The highest BCUT2D eigenvalue weighted by molar-refractivity contribution is 6.01. The Morgan fingerprint density at radius 3 is 2.30 bits per heavy atom. The molecule has 33 heavy (non-hydrogen) atoms. The predicted molar refractivity (Wildman–Crippen MR) is 124 cm³/mol. The molecule has 178 valence electrons. The smallest absolute Gasteiger partial charge is 0.317 e. The van der Waals surface area contributed by atoms with Gasteiger partial charge in [-0.25, -0.2) is 9.18 Å². The molecule has 0 atom stereocenters. The van der Waals surface area contributed by atoms with Crippen LogP contribution in [-0.2, 0) is 13.0 Å². The standard InChI is InChI=1S/C24H32FN5O3/c1-16(2)27-24(33)29-12-10-28(11-13-29)15-22(31)21-14-20(23(26)32)17(3)30(21)9-8-18-4-6-19(25)7-5-18/h4-7,14,16H,8-13,15H2,1-3H3,(H2,26,32)(H,27,33). The molecule has 0 radical (unpaired) electrons. The number of hydrogen-bond acceptors (Lipinski definition) is 4. The number of nitrogens with zero attached hydrogens (tertiary/aromatic N) is 3. The molecule has 0 bridgehead atoms. The van der Waals surface area contributed by atoms with E-state index in [9.17, 15) is 18.8 Å². The van der Waals surface area contributed by atoms with Gasteiger partial charge in [-0.1, -0.05) is 12.1 Å². The Morgan fingerprint density at radius 2 is 1.73 bits per heavy atom. The van der Waals surface area contributed by atoms with Crippen molar-refractivity contribution in [3.8, 4) is 0 Å². The van der Waals surface area contributed by atoms with E-state index < -0.39 is 5.91 Å². The van der Waals surface area contributed by atoms with Crippen molar-refractivity contribution in [3.63, 3.8) is 0 Å². The second-order valence-electron chi connectivity index (χ2n) is 8.71. The van der Waals surface area contributed by atoms with Crippen molar-refractivity contribution < 1.29 is 18.8 Å². The van der Waals surface area contributed by atoms with Gasteiger partial charge in [0, 0.05) is 44.5 Å². The summed E-state index contributed by atoms with van der Waals surface area (Å²) in [4.78, 5) is 41.0. The average molecular weight is 458 g/mol. The van der Waals surface area contributed by atoms with Crippen molar-refractivity contribution in [2.45, 2.75) is 39.8 Å². The van der Waals surface area contributed by atoms with E-state index in [1.807, 2.05) is 23.3 Å². The van der Waals surface area contributed by atoms with E-state index in [2.05, 4.69) is 5.32 Å². The van der Waals surface area contributed by atoms with Crippen molar-refractivity contribution in [2.75, 3.05) is 32.7 Å². The van der Waals surface area contributed by atoms with Gasteiger partial charge >= 0.3 is 6.03 Å². The predicted octanol–water partition coefficient (Wildman–Crippen LogP) is 2.20. The lowest BCUT2D eigenvalue weighted by molar-refractivity contribution is 0.0868. The fraction of sp³-hybridized carbons (Fsp3) is 0.458. The number of aromatic nitrogens is 1. The van der Waals surface area contributed by atoms with E-state index in [4.69, 9.17) is 5.73 Å². The molecule has 2 aromatic rings. The molecular weight excluding hydrogens is 425 g/mol. The molecule has 0 spiro atoms. The third-order valence-corrected chi connectivity index (χ3v) is 5.89. The number of rotatable bonds is 8. The van der Waals surface area contributed by atoms with Crippen LogP contribution >= 0.6 is 0 Å². The number of nitrogens with one attached hydrogen (secondary N) is 1. The molecule has 1 fully saturated rings. The quantitative estimate of drug-likeness (QED) is 0.594. The molecule has 1 aliphatic heterocycles. The number of aryl methyl sites for hydroxylation is 1. The minimum absolute atomic E-state index is 0.0718. The summed E-state index contributed by atoms with van der Waals surface area (Å²) < 4.78 is 15.0. The summed E-state index contributed by atoms with van der Waals surface area (Å²) in [5.41, 5.74) is 7.86. The lowest BCUT2D eigenvalue weighted by atomic mass is 10.1. The lowest BCUT2D eigenvalue weighted by Gasteiger charge is -2.34. The summed E-state index contributed by atoms with van der Waals surface area (Å²) in [5.74, 6) is -0.985. The third-order valence-electron chi connectivity index (χ3n) is 5.89. The van der Waals surface area contributed by atoms with Gasteiger partial charge in [-0.2, -0.15) is 0 Å². The SMILES string of the molecule is Cc1c(C(N)=O)cc(C(=O)CN2CCN(C(=O)NC(C)C)CC2)n1CCc1ccc(F)cc1. The van der Waals surface area contributed by atoms with Crippen molar-refractivity contribution >= 4 is 17.7 Å². The Bertz CT molecular complexity index is 1010. The number of benzene rings is 1. The third kappa shape index (κ3) is 6.19. The molecule has 9 heteroatoms. The van der Waals surface area contributed by atoms with Gasteiger partial charge in [0.05, 0.1) is 17.8 Å². The highest BCUT2D eigenvalue weighted by Gasteiger charge is 2.25. The van der Waals surface area contributed by atoms with E-state index in [1.54, 1.807) is 30.0 Å². The second kappa shape index (κ2) is 10.6. The van der Waals surface area contributed by atoms with Crippen LogP contribution in [0.5, 0.6) is 0 Å². The van der Waals surface area contributed by atoms with Crippen LogP contribution in [0.3, 0.4) is 0 Å². The maximum atomic E-state index is 13.2. The van der Waals surface area contributed by atoms with Crippen LogP contribution in [0.2, 0.25) is 0 Å². The molecule has 3 rings (SSSR count). The van der Waals surface area contributed by atoms with Gasteiger partial charge in [-0.15, -0.1) is 0 Å². The van der Waals surface area contributed by atoms with Crippen LogP contribution in [0.4, 0.5) is 9.18 Å². The number of amides is 3. The second-order valence-corrected chi connectivity index (χ2v) is 8.71. The number of ketones is 1. The molecule has 1 aromatic heterocycles. The van der Waals surface area contributed by atoms with Gasteiger partial charge in [0.2, 0.25) is 0 Å². The molecule has 2 heterocycles. The minimum atomic E-state index is -0.577. The Balaban J connectivity index is 1.68. The number of primary amides is 1. The monoisotopic (exact) mass is 457 g/mol. The molecule has 0 saturated carbocycles. The van der Waals surface area contributed by atoms with Gasteiger partial charge in [0.1, 0.15) is 5.82 Å². The highest BCUT2D eigenvalue weighted by atomic mass is 19.1. The van der Waals surface area contributed by atoms with Crippen molar-refractivity contribution in [1.29, 1.82) is 0 Å². The minimum Gasteiger partial charge on any atom is -0.366 e. The summed E-state index contributed by atoms with van der Waals surface area (Å²) >= 11 is 0. The summed E-state index contributed by atoms with van der Waals surface area (Å²) in [6.07, 6.45) is 0.581. The normalized spacial score (nSPS) is 14.5. The van der Waals surface area contributed by atoms with Crippen LogP contribution in [0.25, 0.3) is 0 Å². The van der Waals surface area contributed by atoms with Gasteiger partial charge in [-0.3, -0.25) is 14.5 Å².